The molecule has 0 saturated heterocycles. The molecule has 0 atom stereocenters. The van der Waals surface area contributed by atoms with E-state index in [1.807, 2.05) is 0 Å². The standard InChI is InChI=1S/C7HF11O2/c8-2(9)1(3(19)20)4(10,11)5(12,13)6(14,15)7(16,17)18/h(H,19,20). The van der Waals surface area contributed by atoms with Gasteiger partial charge in [0.05, 0.1) is 0 Å². The number of halogens is 11. The Morgan fingerprint density at radius 2 is 1.10 bits per heavy atom. The lowest BCUT2D eigenvalue weighted by atomic mass is 9.97. The van der Waals surface area contributed by atoms with E-state index in [0.29, 0.717) is 0 Å². The van der Waals surface area contributed by atoms with Crippen LogP contribution in [0.3, 0.4) is 0 Å². The molecule has 13 heteroatoms. The van der Waals surface area contributed by atoms with Crippen LogP contribution in [0.4, 0.5) is 48.3 Å². The molecule has 0 bridgehead atoms. The van der Waals surface area contributed by atoms with Crippen LogP contribution in [0.2, 0.25) is 0 Å². The van der Waals surface area contributed by atoms with Crippen LogP contribution < -0.4 is 0 Å². The molecule has 1 N–H and O–H groups in total. The summed E-state index contributed by atoms with van der Waals surface area (Å²) in [4.78, 5) is 9.93. The highest BCUT2D eigenvalue weighted by Crippen LogP contribution is 2.55. The fourth-order valence-corrected chi connectivity index (χ4v) is 0.866. The molecule has 0 rings (SSSR count). The lowest BCUT2D eigenvalue weighted by Gasteiger charge is -2.33. The average molecular weight is 326 g/mol. The Balaban J connectivity index is 6.20. The maximum atomic E-state index is 12.7. The fraction of sp³-hybridized carbons (Fsp3) is 0.571. The summed E-state index contributed by atoms with van der Waals surface area (Å²) >= 11 is 0. The highest BCUT2D eigenvalue weighted by molar-refractivity contribution is 5.89. The highest BCUT2D eigenvalue weighted by atomic mass is 19.4. The minimum Gasteiger partial charge on any atom is -0.478 e. The third-order valence-electron chi connectivity index (χ3n) is 1.86. The van der Waals surface area contributed by atoms with Gasteiger partial charge in [-0.25, -0.2) is 4.79 Å². The molecule has 0 unspecified atom stereocenters. The van der Waals surface area contributed by atoms with Gasteiger partial charge in [0, 0.05) is 0 Å². The third-order valence-corrected chi connectivity index (χ3v) is 1.86. The number of carbonyl (C=O) groups is 1. The molecule has 2 nitrogen and oxygen atoms in total. The molecule has 0 aliphatic carbocycles. The summed E-state index contributed by atoms with van der Waals surface area (Å²) in [5, 5.41) is 7.83. The zero-order chi connectivity index (χ0) is 16.7. The minimum atomic E-state index is -7.45. The molecule has 0 aromatic heterocycles. The van der Waals surface area contributed by atoms with Crippen LogP contribution in [0, 0.1) is 0 Å². The van der Waals surface area contributed by atoms with Gasteiger partial charge in [-0.1, -0.05) is 0 Å². The van der Waals surface area contributed by atoms with Crippen LogP contribution in [-0.4, -0.2) is 35.0 Å². The largest absolute Gasteiger partial charge is 0.478 e. The second kappa shape index (κ2) is 4.77. The van der Waals surface area contributed by atoms with Crippen LogP contribution in [0.1, 0.15) is 0 Å². The fourth-order valence-electron chi connectivity index (χ4n) is 0.866. The van der Waals surface area contributed by atoms with E-state index in [1.54, 1.807) is 0 Å². The summed E-state index contributed by atoms with van der Waals surface area (Å²) in [5.74, 6) is -25.3. The SMILES string of the molecule is O=C(O)C(=C(F)F)C(F)(F)C(F)(F)C(F)(F)C(F)(F)F. The molecule has 0 aliphatic heterocycles. The first-order valence-corrected chi connectivity index (χ1v) is 4.01. The van der Waals surface area contributed by atoms with Gasteiger partial charge >= 0.3 is 29.9 Å². The van der Waals surface area contributed by atoms with Gasteiger partial charge in [-0.15, -0.1) is 0 Å². The number of carboxylic acid groups (broad SMARTS) is 1. The highest BCUT2D eigenvalue weighted by Gasteiger charge is 2.83. The van der Waals surface area contributed by atoms with Crippen molar-refractivity contribution in [2.45, 2.75) is 23.9 Å². The van der Waals surface area contributed by atoms with Crippen molar-refractivity contribution in [1.82, 2.24) is 0 Å². The predicted octanol–water partition coefficient (Wildman–Crippen LogP) is 3.69. The Morgan fingerprint density at radius 3 is 1.30 bits per heavy atom. The van der Waals surface area contributed by atoms with Crippen molar-refractivity contribution in [2.75, 3.05) is 0 Å². The van der Waals surface area contributed by atoms with E-state index < -0.39 is 41.6 Å². The van der Waals surface area contributed by atoms with Gasteiger partial charge in [0.25, 0.3) is 6.08 Å². The van der Waals surface area contributed by atoms with E-state index in [-0.39, 0.29) is 0 Å². The molecule has 0 radical (unpaired) electrons. The summed E-state index contributed by atoms with van der Waals surface area (Å²) in [7, 11) is 0. The van der Waals surface area contributed by atoms with E-state index in [1.165, 1.54) is 0 Å². The summed E-state index contributed by atoms with van der Waals surface area (Å²) in [6.07, 6.45) is -11.3. The second-order valence-corrected chi connectivity index (χ2v) is 3.16. The van der Waals surface area contributed by atoms with Crippen molar-refractivity contribution < 1.29 is 58.2 Å². The summed E-state index contributed by atoms with van der Waals surface area (Å²) in [6, 6.07) is 0. The minimum absolute atomic E-state index is 3.48. The van der Waals surface area contributed by atoms with Crippen LogP contribution in [-0.2, 0) is 4.79 Å². The van der Waals surface area contributed by atoms with Gasteiger partial charge in [0.15, 0.2) is 5.57 Å². The van der Waals surface area contributed by atoms with E-state index in [4.69, 9.17) is 5.11 Å². The molecular formula is C7HF11O2. The topological polar surface area (TPSA) is 37.3 Å². The smallest absolute Gasteiger partial charge is 0.460 e. The number of alkyl halides is 9. The zero-order valence-corrected chi connectivity index (χ0v) is 8.51. The van der Waals surface area contributed by atoms with Crippen molar-refractivity contribution in [2.24, 2.45) is 0 Å². The first kappa shape index (κ1) is 18.4. The Bertz CT molecular complexity index is 429. The number of hydrogen-bond acceptors (Lipinski definition) is 1. The lowest BCUT2D eigenvalue weighted by Crippen LogP contribution is -2.62. The first-order valence-electron chi connectivity index (χ1n) is 4.01. The van der Waals surface area contributed by atoms with Crippen LogP contribution in [0.25, 0.3) is 0 Å². The summed E-state index contributed by atoms with van der Waals surface area (Å²) in [5.41, 5.74) is -3.86. The molecule has 20 heavy (non-hydrogen) atoms. The monoisotopic (exact) mass is 326 g/mol. The van der Waals surface area contributed by atoms with Gasteiger partial charge in [0.2, 0.25) is 0 Å². The Kier molecular flexibility index (Phi) is 4.40. The maximum Gasteiger partial charge on any atom is 0.460 e. The molecule has 0 fully saturated rings. The van der Waals surface area contributed by atoms with Gasteiger partial charge in [0.1, 0.15) is 0 Å². The Morgan fingerprint density at radius 1 is 0.750 bits per heavy atom. The maximum absolute atomic E-state index is 12.7. The molecule has 0 amide bonds. The molecule has 0 aromatic carbocycles. The van der Waals surface area contributed by atoms with Crippen LogP contribution >= 0.6 is 0 Å². The van der Waals surface area contributed by atoms with Crippen molar-refractivity contribution in [1.29, 1.82) is 0 Å². The van der Waals surface area contributed by atoms with Gasteiger partial charge < -0.3 is 5.11 Å². The summed E-state index contributed by atoms with van der Waals surface area (Å²) in [6.45, 7) is 0. The molecule has 0 aromatic rings. The quantitative estimate of drug-likeness (QED) is 0.632. The second-order valence-electron chi connectivity index (χ2n) is 3.16. The van der Waals surface area contributed by atoms with E-state index in [9.17, 15) is 53.1 Å². The Labute approximate surface area is 101 Å². The normalized spacial score (nSPS) is 14.2. The molecule has 0 spiro atoms. The van der Waals surface area contributed by atoms with E-state index in [2.05, 4.69) is 0 Å². The average Bonchev–Trinajstić information content (AvgIpc) is 2.12. The van der Waals surface area contributed by atoms with Gasteiger partial charge in [-0.2, -0.15) is 48.3 Å². The van der Waals surface area contributed by atoms with Crippen molar-refractivity contribution in [3.05, 3.63) is 11.7 Å². The van der Waals surface area contributed by atoms with Gasteiger partial charge in [-0.3, -0.25) is 0 Å². The number of aliphatic carboxylic acids is 1. The lowest BCUT2D eigenvalue weighted by molar-refractivity contribution is -0.389. The van der Waals surface area contributed by atoms with Crippen LogP contribution in [0.15, 0.2) is 11.7 Å². The van der Waals surface area contributed by atoms with Gasteiger partial charge in [-0.05, 0) is 0 Å². The predicted molar refractivity (Wildman–Crippen MR) is 37.8 cm³/mol. The van der Waals surface area contributed by atoms with Crippen molar-refractivity contribution in [3.63, 3.8) is 0 Å². The van der Waals surface area contributed by atoms with Crippen molar-refractivity contribution >= 4 is 5.97 Å². The molecule has 118 valence electrons. The third kappa shape index (κ3) is 2.52. The summed E-state index contributed by atoms with van der Waals surface area (Å²) < 4.78 is 134. The zero-order valence-electron chi connectivity index (χ0n) is 8.51. The number of hydrogen-bond donors (Lipinski definition) is 1. The van der Waals surface area contributed by atoms with Crippen molar-refractivity contribution in [3.8, 4) is 0 Å². The first-order chi connectivity index (χ1) is 8.51. The number of carboxylic acids is 1. The van der Waals surface area contributed by atoms with E-state index in [0.717, 1.165) is 0 Å². The molecule has 0 heterocycles. The molecular weight excluding hydrogens is 325 g/mol. The number of rotatable bonds is 4. The molecule has 0 aliphatic rings. The van der Waals surface area contributed by atoms with E-state index >= 15 is 0 Å². The molecule has 0 saturated carbocycles. The Hall–Kier alpha value is -1.56. The van der Waals surface area contributed by atoms with Crippen LogP contribution in [0.5, 0.6) is 0 Å².